The van der Waals surface area contributed by atoms with Gasteiger partial charge in [0, 0.05) is 40.3 Å². The molecule has 164 valence electrons. The summed E-state index contributed by atoms with van der Waals surface area (Å²) >= 11 is 11.9. The largest absolute Gasteiger partial charge is 0.457 e. The van der Waals surface area contributed by atoms with Gasteiger partial charge in [-0.15, -0.1) is 0 Å². The van der Waals surface area contributed by atoms with Crippen LogP contribution in [0.4, 0.5) is 0 Å². The van der Waals surface area contributed by atoms with E-state index in [9.17, 15) is 9.59 Å². The summed E-state index contributed by atoms with van der Waals surface area (Å²) < 4.78 is 5.92. The first-order chi connectivity index (χ1) is 15.5. The van der Waals surface area contributed by atoms with Crippen LogP contribution in [0.3, 0.4) is 0 Å². The lowest BCUT2D eigenvalue weighted by Gasteiger charge is -2.27. The molecule has 3 aromatic rings. The Morgan fingerprint density at radius 1 is 0.844 bits per heavy atom. The molecule has 4 rings (SSSR count). The van der Waals surface area contributed by atoms with Crippen molar-refractivity contribution in [2.45, 2.75) is 19.3 Å². The zero-order valence-corrected chi connectivity index (χ0v) is 18.8. The zero-order valence-electron chi connectivity index (χ0n) is 17.3. The first kappa shape index (κ1) is 22.2. The predicted molar refractivity (Wildman–Crippen MR) is 126 cm³/mol. The van der Waals surface area contributed by atoms with Gasteiger partial charge in [-0.3, -0.25) is 9.59 Å². The standard InChI is InChI=1S/C25H22Cl2N2O3/c26-19-8-4-17(5-9-19)23-13-12-21(32-23)16-22(25(31)29-14-2-1-3-15-29)28-24(30)18-6-10-20(27)11-7-18/h4-13,16H,1-3,14-15H2,(H,28,30)/b22-16-. The molecule has 32 heavy (non-hydrogen) atoms. The maximum Gasteiger partial charge on any atom is 0.270 e. The number of benzene rings is 2. The number of carbonyl (C=O) groups is 2. The SMILES string of the molecule is O=C(N/C(=C\c1ccc(-c2ccc(Cl)cc2)o1)C(=O)N1CCCCC1)c1ccc(Cl)cc1. The normalized spacial score (nSPS) is 14.3. The van der Waals surface area contributed by atoms with Gasteiger partial charge in [0.2, 0.25) is 0 Å². The number of likely N-dealkylation sites (tertiary alicyclic amines) is 1. The molecule has 2 amide bonds. The fourth-order valence-electron chi connectivity index (χ4n) is 3.56. The Morgan fingerprint density at radius 2 is 1.47 bits per heavy atom. The topological polar surface area (TPSA) is 62.6 Å². The molecule has 2 aromatic carbocycles. The lowest BCUT2D eigenvalue weighted by atomic mass is 10.1. The molecule has 1 aromatic heterocycles. The number of furan rings is 1. The van der Waals surface area contributed by atoms with Gasteiger partial charge in [-0.1, -0.05) is 23.2 Å². The van der Waals surface area contributed by atoms with Gasteiger partial charge in [0.05, 0.1) is 0 Å². The van der Waals surface area contributed by atoms with E-state index >= 15 is 0 Å². The second-order valence-corrected chi connectivity index (χ2v) is 8.45. The molecule has 1 aliphatic rings. The highest BCUT2D eigenvalue weighted by atomic mass is 35.5. The Bertz CT molecular complexity index is 1130. The molecule has 0 aliphatic carbocycles. The van der Waals surface area contributed by atoms with E-state index < -0.39 is 0 Å². The Kier molecular flexibility index (Phi) is 6.98. The fraction of sp³-hybridized carbons (Fsp3) is 0.200. The third kappa shape index (κ3) is 5.42. The van der Waals surface area contributed by atoms with Crippen LogP contribution >= 0.6 is 23.2 Å². The van der Waals surface area contributed by atoms with Crippen molar-refractivity contribution in [2.24, 2.45) is 0 Å². The minimum Gasteiger partial charge on any atom is -0.457 e. The first-order valence-electron chi connectivity index (χ1n) is 10.4. The third-order valence-corrected chi connectivity index (χ3v) is 5.77. The van der Waals surface area contributed by atoms with Crippen LogP contribution in [0.2, 0.25) is 10.0 Å². The molecular formula is C25H22Cl2N2O3. The molecule has 2 heterocycles. The average molecular weight is 469 g/mol. The molecule has 0 saturated carbocycles. The van der Waals surface area contributed by atoms with Gasteiger partial charge in [-0.25, -0.2) is 0 Å². The minimum atomic E-state index is -0.386. The van der Waals surface area contributed by atoms with Crippen LogP contribution in [0.1, 0.15) is 35.4 Å². The van der Waals surface area contributed by atoms with Crippen molar-refractivity contribution in [3.63, 3.8) is 0 Å². The second kappa shape index (κ2) is 10.1. The van der Waals surface area contributed by atoms with Gasteiger partial charge in [0.25, 0.3) is 11.8 Å². The summed E-state index contributed by atoms with van der Waals surface area (Å²) in [5.41, 5.74) is 1.44. The summed E-state index contributed by atoms with van der Waals surface area (Å²) in [5.74, 6) is 0.493. The summed E-state index contributed by atoms with van der Waals surface area (Å²) in [5, 5.41) is 3.94. The molecule has 0 bridgehead atoms. The number of halogens is 2. The van der Waals surface area contributed by atoms with E-state index in [1.165, 1.54) is 0 Å². The smallest absolute Gasteiger partial charge is 0.270 e. The van der Waals surface area contributed by atoms with Crippen molar-refractivity contribution >= 4 is 41.1 Å². The number of hydrogen-bond donors (Lipinski definition) is 1. The number of piperidine rings is 1. The van der Waals surface area contributed by atoms with E-state index in [-0.39, 0.29) is 17.5 Å². The van der Waals surface area contributed by atoms with Crippen molar-refractivity contribution in [3.8, 4) is 11.3 Å². The predicted octanol–water partition coefficient (Wildman–Crippen LogP) is 6.04. The number of nitrogens with one attached hydrogen (secondary N) is 1. The van der Waals surface area contributed by atoms with Gasteiger partial charge >= 0.3 is 0 Å². The molecule has 0 spiro atoms. The minimum absolute atomic E-state index is 0.170. The van der Waals surface area contributed by atoms with Crippen LogP contribution in [0.15, 0.2) is 70.8 Å². The van der Waals surface area contributed by atoms with Gasteiger partial charge in [-0.2, -0.15) is 0 Å². The highest BCUT2D eigenvalue weighted by Crippen LogP contribution is 2.25. The first-order valence-corrected chi connectivity index (χ1v) is 11.2. The third-order valence-electron chi connectivity index (χ3n) is 5.27. The van der Waals surface area contributed by atoms with Gasteiger partial charge in [0.1, 0.15) is 17.2 Å². The maximum absolute atomic E-state index is 13.2. The highest BCUT2D eigenvalue weighted by molar-refractivity contribution is 6.31. The second-order valence-electron chi connectivity index (χ2n) is 7.58. The van der Waals surface area contributed by atoms with Crippen LogP contribution in [-0.4, -0.2) is 29.8 Å². The number of carbonyl (C=O) groups excluding carboxylic acids is 2. The molecular weight excluding hydrogens is 447 g/mol. The van der Waals surface area contributed by atoms with Crippen molar-refractivity contribution < 1.29 is 14.0 Å². The molecule has 1 fully saturated rings. The quantitative estimate of drug-likeness (QED) is 0.464. The summed E-state index contributed by atoms with van der Waals surface area (Å²) in [7, 11) is 0. The molecule has 0 unspecified atom stereocenters. The van der Waals surface area contributed by atoms with Gasteiger partial charge in [-0.05, 0) is 79.9 Å². The number of amides is 2. The summed E-state index contributed by atoms with van der Waals surface area (Å²) in [4.78, 5) is 27.8. The van der Waals surface area contributed by atoms with Crippen molar-refractivity contribution in [1.82, 2.24) is 10.2 Å². The van der Waals surface area contributed by atoms with Crippen molar-refractivity contribution in [3.05, 3.63) is 87.7 Å². The Balaban J connectivity index is 1.61. The molecule has 7 heteroatoms. The van der Waals surface area contributed by atoms with Crippen molar-refractivity contribution in [2.75, 3.05) is 13.1 Å². The van der Waals surface area contributed by atoms with Gasteiger partial charge in [0.15, 0.2) is 0 Å². The van der Waals surface area contributed by atoms with E-state index in [0.717, 1.165) is 24.8 Å². The average Bonchev–Trinajstić information content (AvgIpc) is 3.28. The van der Waals surface area contributed by atoms with E-state index in [0.29, 0.717) is 40.2 Å². The van der Waals surface area contributed by atoms with E-state index in [2.05, 4.69) is 5.32 Å². The zero-order chi connectivity index (χ0) is 22.5. The van der Waals surface area contributed by atoms with Crippen LogP contribution < -0.4 is 5.32 Å². The van der Waals surface area contributed by atoms with E-state index in [1.54, 1.807) is 53.4 Å². The molecule has 0 radical (unpaired) electrons. The van der Waals surface area contributed by atoms with Gasteiger partial charge < -0.3 is 14.6 Å². The Hall–Kier alpha value is -3.02. The number of rotatable bonds is 5. The summed E-state index contributed by atoms with van der Waals surface area (Å²) in [6.45, 7) is 1.34. The van der Waals surface area contributed by atoms with Crippen LogP contribution in [0, 0.1) is 0 Å². The summed E-state index contributed by atoms with van der Waals surface area (Å²) in [6, 6.07) is 17.4. The van der Waals surface area contributed by atoms with Crippen LogP contribution in [0.25, 0.3) is 17.4 Å². The summed E-state index contributed by atoms with van der Waals surface area (Å²) in [6.07, 6.45) is 4.57. The molecule has 1 aliphatic heterocycles. The number of nitrogens with zero attached hydrogens (tertiary/aromatic N) is 1. The van der Waals surface area contributed by atoms with Crippen LogP contribution in [-0.2, 0) is 4.79 Å². The van der Waals surface area contributed by atoms with E-state index in [1.807, 2.05) is 18.2 Å². The lowest BCUT2D eigenvalue weighted by Crippen LogP contribution is -2.41. The molecule has 5 nitrogen and oxygen atoms in total. The van der Waals surface area contributed by atoms with E-state index in [4.69, 9.17) is 27.6 Å². The lowest BCUT2D eigenvalue weighted by molar-refractivity contribution is -0.128. The maximum atomic E-state index is 13.2. The highest BCUT2D eigenvalue weighted by Gasteiger charge is 2.23. The van der Waals surface area contributed by atoms with Crippen LogP contribution in [0.5, 0.6) is 0 Å². The number of hydrogen-bond acceptors (Lipinski definition) is 3. The van der Waals surface area contributed by atoms with Crippen molar-refractivity contribution in [1.29, 1.82) is 0 Å². The Labute approximate surface area is 196 Å². The monoisotopic (exact) mass is 468 g/mol. The Morgan fingerprint density at radius 3 is 2.12 bits per heavy atom. The fourth-order valence-corrected chi connectivity index (χ4v) is 3.81. The molecule has 1 N–H and O–H groups in total. The molecule has 1 saturated heterocycles. The molecule has 0 atom stereocenters.